The van der Waals surface area contributed by atoms with E-state index in [0.717, 1.165) is 0 Å². The van der Waals surface area contributed by atoms with Crippen LogP contribution >= 0.6 is 46.4 Å². The van der Waals surface area contributed by atoms with Crippen molar-refractivity contribution in [1.29, 1.82) is 0 Å². The SMILES string of the molecule is O=[N+]([O-])c1ncc(C(Cl)Cl)cc1C(Cl)Cl. The topological polar surface area (TPSA) is 56.0 Å². The first-order valence-electron chi connectivity index (χ1n) is 3.64. The number of halogens is 4. The fraction of sp³-hybridized carbons (Fsp3) is 0.286. The van der Waals surface area contributed by atoms with Gasteiger partial charge in [0.25, 0.3) is 0 Å². The van der Waals surface area contributed by atoms with Gasteiger partial charge in [-0.25, -0.2) is 0 Å². The molecule has 4 nitrogen and oxygen atoms in total. The van der Waals surface area contributed by atoms with Crippen molar-refractivity contribution in [2.45, 2.75) is 9.67 Å². The molecule has 0 bridgehead atoms. The molecule has 0 radical (unpaired) electrons. The number of hydrogen-bond acceptors (Lipinski definition) is 3. The van der Waals surface area contributed by atoms with E-state index in [-0.39, 0.29) is 5.56 Å². The van der Waals surface area contributed by atoms with Crippen LogP contribution in [0, 0.1) is 10.1 Å². The van der Waals surface area contributed by atoms with Gasteiger partial charge in [0.1, 0.15) is 15.9 Å². The number of nitro groups is 1. The van der Waals surface area contributed by atoms with Crippen LogP contribution in [0.3, 0.4) is 0 Å². The largest absolute Gasteiger partial charge is 0.369 e. The Labute approximate surface area is 105 Å². The molecule has 0 spiro atoms. The Hall–Kier alpha value is -0.290. The van der Waals surface area contributed by atoms with Crippen molar-refractivity contribution < 1.29 is 4.92 Å². The van der Waals surface area contributed by atoms with Crippen molar-refractivity contribution >= 4 is 52.2 Å². The molecule has 1 aromatic heterocycles. The van der Waals surface area contributed by atoms with Crippen molar-refractivity contribution in [2.24, 2.45) is 0 Å². The molecule has 0 aromatic carbocycles. The van der Waals surface area contributed by atoms with Crippen molar-refractivity contribution in [3.63, 3.8) is 0 Å². The van der Waals surface area contributed by atoms with Gasteiger partial charge < -0.3 is 10.1 Å². The maximum Gasteiger partial charge on any atom is 0.369 e. The summed E-state index contributed by atoms with van der Waals surface area (Å²) in [6.45, 7) is 0. The fourth-order valence-corrected chi connectivity index (χ4v) is 1.48. The minimum absolute atomic E-state index is 0.0760. The zero-order valence-electron chi connectivity index (χ0n) is 7.03. The Balaban J connectivity index is 3.27. The second kappa shape index (κ2) is 5.16. The van der Waals surface area contributed by atoms with Gasteiger partial charge in [-0.3, -0.25) is 0 Å². The smallest absolute Gasteiger partial charge is 0.358 e. The van der Waals surface area contributed by atoms with Gasteiger partial charge >= 0.3 is 5.82 Å². The molecule has 0 fully saturated rings. The Morgan fingerprint density at radius 2 is 1.87 bits per heavy atom. The van der Waals surface area contributed by atoms with Crippen LogP contribution in [0.15, 0.2) is 12.3 Å². The summed E-state index contributed by atoms with van der Waals surface area (Å²) in [6, 6.07) is 1.36. The molecule has 0 N–H and O–H groups in total. The maximum absolute atomic E-state index is 10.6. The lowest BCUT2D eigenvalue weighted by Crippen LogP contribution is -2.00. The Morgan fingerprint density at radius 1 is 1.27 bits per heavy atom. The highest BCUT2D eigenvalue weighted by molar-refractivity contribution is 6.45. The number of pyridine rings is 1. The second-order valence-corrected chi connectivity index (χ2v) is 4.73. The summed E-state index contributed by atoms with van der Waals surface area (Å²) in [5.41, 5.74) is 0.484. The number of rotatable bonds is 3. The van der Waals surface area contributed by atoms with Crippen LogP contribution in [0.4, 0.5) is 5.82 Å². The first kappa shape index (κ1) is 12.8. The minimum atomic E-state index is -1.05. The molecule has 0 saturated carbocycles. The van der Waals surface area contributed by atoms with E-state index in [2.05, 4.69) is 4.98 Å². The lowest BCUT2D eigenvalue weighted by molar-refractivity contribution is -0.390. The number of nitrogens with zero attached hydrogens (tertiary/aromatic N) is 2. The molecule has 0 amide bonds. The molecule has 8 heteroatoms. The van der Waals surface area contributed by atoms with Crippen LogP contribution in [0.2, 0.25) is 0 Å². The molecule has 0 aliphatic rings. The summed E-state index contributed by atoms with van der Waals surface area (Å²) in [5.74, 6) is -0.400. The third kappa shape index (κ3) is 3.08. The predicted octanol–water partition coefficient (Wildman–Crippen LogP) is 3.94. The van der Waals surface area contributed by atoms with Gasteiger partial charge in [-0.15, -0.1) is 0 Å². The monoisotopic (exact) mass is 288 g/mol. The van der Waals surface area contributed by atoms with Crippen molar-refractivity contribution in [3.05, 3.63) is 33.5 Å². The van der Waals surface area contributed by atoms with E-state index in [1.807, 2.05) is 0 Å². The maximum atomic E-state index is 10.6. The molecule has 15 heavy (non-hydrogen) atoms. The van der Waals surface area contributed by atoms with Crippen LogP contribution < -0.4 is 0 Å². The van der Waals surface area contributed by atoms with Crippen molar-refractivity contribution in [2.75, 3.05) is 0 Å². The average molecular weight is 290 g/mol. The Morgan fingerprint density at radius 3 is 2.27 bits per heavy atom. The highest BCUT2D eigenvalue weighted by Gasteiger charge is 2.22. The molecule has 0 aliphatic heterocycles. The zero-order chi connectivity index (χ0) is 11.6. The molecule has 82 valence electrons. The highest BCUT2D eigenvalue weighted by Crippen LogP contribution is 2.34. The minimum Gasteiger partial charge on any atom is -0.358 e. The van der Waals surface area contributed by atoms with Crippen LogP contribution in [-0.4, -0.2) is 9.91 Å². The predicted molar refractivity (Wildman–Crippen MR) is 59.8 cm³/mol. The molecule has 1 aromatic rings. The van der Waals surface area contributed by atoms with E-state index in [1.165, 1.54) is 12.3 Å². The highest BCUT2D eigenvalue weighted by atomic mass is 35.5. The second-order valence-electron chi connectivity index (χ2n) is 2.54. The van der Waals surface area contributed by atoms with Crippen molar-refractivity contribution in [3.8, 4) is 0 Å². The summed E-state index contributed by atoms with van der Waals surface area (Å²) in [7, 11) is 0. The number of aromatic nitrogens is 1. The first-order valence-corrected chi connectivity index (χ1v) is 5.38. The number of hydrogen-bond donors (Lipinski definition) is 0. The first-order chi connectivity index (χ1) is 6.93. The van der Waals surface area contributed by atoms with E-state index >= 15 is 0 Å². The molecule has 0 atom stereocenters. The van der Waals surface area contributed by atoms with Crippen LogP contribution in [0.25, 0.3) is 0 Å². The van der Waals surface area contributed by atoms with Crippen LogP contribution in [-0.2, 0) is 0 Å². The average Bonchev–Trinajstić information content (AvgIpc) is 2.16. The van der Waals surface area contributed by atoms with E-state index in [9.17, 15) is 10.1 Å². The van der Waals surface area contributed by atoms with Gasteiger partial charge in [0.2, 0.25) is 0 Å². The van der Waals surface area contributed by atoms with Gasteiger partial charge in [0.15, 0.2) is 0 Å². The molecular weight excluding hydrogens is 286 g/mol. The molecule has 1 rings (SSSR count). The molecule has 0 saturated heterocycles. The molecule has 1 heterocycles. The summed E-state index contributed by atoms with van der Waals surface area (Å²) >= 11 is 22.3. The van der Waals surface area contributed by atoms with Gasteiger partial charge in [0.05, 0.1) is 5.56 Å². The Bertz CT molecular complexity index is 383. The van der Waals surface area contributed by atoms with E-state index in [0.29, 0.717) is 5.56 Å². The van der Waals surface area contributed by atoms with Crippen LogP contribution in [0.5, 0.6) is 0 Å². The standard InChI is InChI=1S/C7H4Cl4N2O2/c8-5(9)3-1-4(6(10)11)7(12-2-3)13(14)15/h1-2,5-6H. The van der Waals surface area contributed by atoms with Gasteiger partial charge in [-0.2, -0.15) is 0 Å². The van der Waals surface area contributed by atoms with Gasteiger partial charge in [-0.05, 0) is 16.0 Å². The van der Waals surface area contributed by atoms with Crippen LogP contribution in [0.1, 0.15) is 20.8 Å². The van der Waals surface area contributed by atoms with Gasteiger partial charge in [0, 0.05) is 5.56 Å². The number of alkyl halides is 4. The lowest BCUT2D eigenvalue weighted by Gasteiger charge is -2.05. The Kier molecular flexibility index (Phi) is 4.40. The third-order valence-corrected chi connectivity index (χ3v) is 2.55. The summed E-state index contributed by atoms with van der Waals surface area (Å²) < 4.78 is 0. The van der Waals surface area contributed by atoms with E-state index in [1.54, 1.807) is 0 Å². The third-order valence-electron chi connectivity index (χ3n) is 1.58. The van der Waals surface area contributed by atoms with E-state index < -0.39 is 20.4 Å². The molecular formula is C7H4Cl4N2O2. The summed E-state index contributed by atoms with van der Waals surface area (Å²) in [5, 5.41) is 10.6. The molecule has 0 aliphatic carbocycles. The van der Waals surface area contributed by atoms with Gasteiger partial charge in [-0.1, -0.05) is 46.4 Å². The zero-order valence-corrected chi connectivity index (χ0v) is 10.1. The molecule has 0 unspecified atom stereocenters. The summed E-state index contributed by atoms with van der Waals surface area (Å²) in [4.78, 5) is 11.6. The van der Waals surface area contributed by atoms with Crippen molar-refractivity contribution in [1.82, 2.24) is 4.98 Å². The summed E-state index contributed by atoms with van der Waals surface area (Å²) in [6.07, 6.45) is 1.21. The normalized spacial score (nSPS) is 11.1. The lowest BCUT2D eigenvalue weighted by atomic mass is 10.2. The fourth-order valence-electron chi connectivity index (χ4n) is 0.924. The quantitative estimate of drug-likeness (QED) is 0.481. The van der Waals surface area contributed by atoms with E-state index in [4.69, 9.17) is 46.4 Å².